The molecule has 1 saturated carbocycles. The second-order valence-corrected chi connectivity index (χ2v) is 9.07. The first-order valence-electron chi connectivity index (χ1n) is 8.60. The molecule has 4 rings (SSSR count). The number of rotatable bonds is 4. The molecule has 2 heterocycles. The van der Waals surface area contributed by atoms with Gasteiger partial charge < -0.3 is 4.90 Å². The molecule has 2 aromatic rings. The van der Waals surface area contributed by atoms with Crippen LogP contribution >= 0.6 is 0 Å². The summed E-state index contributed by atoms with van der Waals surface area (Å²) < 4.78 is 28.5. The molecular weight excluding hydrogens is 338 g/mol. The maximum atomic E-state index is 12.2. The predicted octanol–water partition coefficient (Wildman–Crippen LogP) is 1.24. The van der Waals surface area contributed by atoms with Crippen molar-refractivity contribution >= 4 is 27.1 Å². The van der Waals surface area contributed by atoms with E-state index in [0.717, 1.165) is 42.8 Å². The van der Waals surface area contributed by atoms with Crippen LogP contribution in [0.2, 0.25) is 0 Å². The minimum absolute atomic E-state index is 0.0112. The molecule has 1 aliphatic carbocycles. The lowest BCUT2D eigenvalue weighted by atomic mass is 9.93. The van der Waals surface area contributed by atoms with Gasteiger partial charge in [0.15, 0.2) is 0 Å². The van der Waals surface area contributed by atoms with Gasteiger partial charge in [-0.2, -0.15) is 17.4 Å². The Hall–Kier alpha value is -1.77. The van der Waals surface area contributed by atoms with Crippen LogP contribution in [0.5, 0.6) is 0 Å². The van der Waals surface area contributed by atoms with Gasteiger partial charge in [0.05, 0.1) is 17.2 Å². The number of nitrogens with zero attached hydrogens (tertiary/aromatic N) is 4. The first kappa shape index (κ1) is 16.7. The largest absolute Gasteiger partial charge is 0.355 e. The molecule has 7 nitrogen and oxygen atoms in total. The first-order chi connectivity index (χ1) is 11.9. The molecule has 1 saturated heterocycles. The lowest BCUT2D eigenvalue weighted by molar-refractivity contribution is 0.324. The highest BCUT2D eigenvalue weighted by atomic mass is 32.2. The van der Waals surface area contributed by atoms with E-state index < -0.39 is 10.2 Å². The van der Waals surface area contributed by atoms with E-state index in [-0.39, 0.29) is 6.04 Å². The van der Waals surface area contributed by atoms with Crippen molar-refractivity contribution in [3.8, 4) is 0 Å². The second-order valence-electron chi connectivity index (χ2n) is 7.15. The summed E-state index contributed by atoms with van der Waals surface area (Å²) in [6.45, 7) is 1.62. The van der Waals surface area contributed by atoms with E-state index in [2.05, 4.69) is 14.6 Å². The zero-order valence-corrected chi connectivity index (χ0v) is 15.3. The number of para-hydroxylation sites is 2. The number of hydrogen-bond acceptors (Lipinski definition) is 5. The van der Waals surface area contributed by atoms with E-state index >= 15 is 0 Å². The van der Waals surface area contributed by atoms with Gasteiger partial charge in [-0.25, -0.2) is 4.98 Å². The molecule has 1 aromatic heterocycles. The van der Waals surface area contributed by atoms with Crippen molar-refractivity contribution < 1.29 is 8.42 Å². The van der Waals surface area contributed by atoms with Gasteiger partial charge >= 0.3 is 0 Å². The average molecular weight is 361 g/mol. The fourth-order valence-electron chi connectivity index (χ4n) is 3.98. The van der Waals surface area contributed by atoms with Crippen molar-refractivity contribution in [1.29, 1.82) is 0 Å². The molecular formula is C17H23N5O2S. The van der Waals surface area contributed by atoms with Crippen LogP contribution in [-0.4, -0.2) is 55.9 Å². The van der Waals surface area contributed by atoms with Crippen LogP contribution < -0.4 is 9.62 Å². The minimum Gasteiger partial charge on any atom is -0.355 e. The molecule has 2 bridgehead atoms. The van der Waals surface area contributed by atoms with Crippen LogP contribution in [0, 0.1) is 11.8 Å². The Labute approximate surface area is 148 Å². The van der Waals surface area contributed by atoms with Crippen molar-refractivity contribution in [2.24, 2.45) is 11.8 Å². The number of nitrogens with one attached hydrogen (secondary N) is 1. The molecule has 0 amide bonds. The zero-order valence-electron chi connectivity index (χ0n) is 14.5. The van der Waals surface area contributed by atoms with E-state index in [1.54, 1.807) is 14.1 Å². The highest BCUT2D eigenvalue weighted by Crippen LogP contribution is 2.38. The van der Waals surface area contributed by atoms with E-state index in [1.807, 2.05) is 30.5 Å². The molecule has 1 unspecified atom stereocenters. The Morgan fingerprint density at radius 3 is 2.40 bits per heavy atom. The van der Waals surface area contributed by atoms with Gasteiger partial charge in [0, 0.05) is 33.2 Å². The highest BCUT2D eigenvalue weighted by Gasteiger charge is 2.44. The van der Waals surface area contributed by atoms with Crippen LogP contribution in [0.15, 0.2) is 30.5 Å². The van der Waals surface area contributed by atoms with E-state index in [4.69, 9.17) is 4.98 Å². The number of anilines is 1. The standard InChI is InChI=1S/C17H23N5O2S/c1-21(2)25(23,24)20-17-12-7-8-13(17)11-22(10-12)16-9-18-14-5-3-4-6-15(14)19-16/h3-6,9,12-13,17,20H,7-8,10-11H2,1-2H3/t12-,13+,17?. The van der Waals surface area contributed by atoms with Gasteiger partial charge in [0.1, 0.15) is 5.82 Å². The molecule has 1 aromatic carbocycles. The Balaban J connectivity index is 1.54. The van der Waals surface area contributed by atoms with E-state index in [0.29, 0.717) is 11.8 Å². The monoisotopic (exact) mass is 361 g/mol. The fraction of sp³-hybridized carbons (Fsp3) is 0.529. The average Bonchev–Trinajstić information content (AvgIpc) is 2.82. The fourth-order valence-corrected chi connectivity index (χ4v) is 4.92. The van der Waals surface area contributed by atoms with Crippen LogP contribution in [0.1, 0.15) is 12.8 Å². The van der Waals surface area contributed by atoms with Crippen LogP contribution in [0.4, 0.5) is 5.82 Å². The third-order valence-electron chi connectivity index (χ3n) is 5.36. The lowest BCUT2D eigenvalue weighted by Gasteiger charge is -2.39. The Kier molecular flexibility index (Phi) is 4.13. The quantitative estimate of drug-likeness (QED) is 0.886. The van der Waals surface area contributed by atoms with Crippen molar-refractivity contribution in [1.82, 2.24) is 19.0 Å². The third-order valence-corrected chi connectivity index (χ3v) is 6.89. The summed E-state index contributed by atoms with van der Waals surface area (Å²) in [6.07, 6.45) is 3.91. The summed E-state index contributed by atoms with van der Waals surface area (Å²) in [5.41, 5.74) is 1.78. The maximum Gasteiger partial charge on any atom is 0.279 e. The minimum atomic E-state index is -3.40. The molecule has 25 heavy (non-hydrogen) atoms. The number of piperidine rings is 1. The van der Waals surface area contributed by atoms with Crippen molar-refractivity contribution in [3.05, 3.63) is 30.5 Å². The van der Waals surface area contributed by atoms with Gasteiger partial charge in [-0.1, -0.05) is 12.1 Å². The number of fused-ring (bicyclic) bond motifs is 3. The molecule has 0 spiro atoms. The van der Waals surface area contributed by atoms with Crippen molar-refractivity contribution in [2.75, 3.05) is 32.1 Å². The predicted molar refractivity (Wildman–Crippen MR) is 97.5 cm³/mol. The number of benzene rings is 1. The number of hydrogen-bond donors (Lipinski definition) is 1. The zero-order chi connectivity index (χ0) is 17.6. The van der Waals surface area contributed by atoms with Crippen molar-refractivity contribution in [2.45, 2.75) is 18.9 Å². The molecule has 3 atom stereocenters. The SMILES string of the molecule is CN(C)S(=O)(=O)NC1[C@@H]2CC[C@H]1CN(c1cnc3ccccc3n1)C2. The Bertz CT molecular complexity index is 871. The first-order valence-corrected chi connectivity index (χ1v) is 10.0. The van der Waals surface area contributed by atoms with E-state index in [9.17, 15) is 8.42 Å². The molecule has 2 fully saturated rings. The number of aromatic nitrogens is 2. The van der Waals surface area contributed by atoms with Crippen LogP contribution in [0.25, 0.3) is 11.0 Å². The smallest absolute Gasteiger partial charge is 0.279 e. The summed E-state index contributed by atoms with van der Waals surface area (Å²) in [4.78, 5) is 11.5. The topological polar surface area (TPSA) is 78.4 Å². The molecule has 0 radical (unpaired) electrons. The third kappa shape index (κ3) is 3.09. The van der Waals surface area contributed by atoms with Gasteiger partial charge in [-0.05, 0) is 36.8 Å². The summed E-state index contributed by atoms with van der Waals surface area (Å²) >= 11 is 0. The van der Waals surface area contributed by atoms with Crippen LogP contribution in [-0.2, 0) is 10.2 Å². The van der Waals surface area contributed by atoms with Gasteiger partial charge in [-0.15, -0.1) is 0 Å². The highest BCUT2D eigenvalue weighted by molar-refractivity contribution is 7.87. The van der Waals surface area contributed by atoms with Gasteiger partial charge in [0.2, 0.25) is 0 Å². The van der Waals surface area contributed by atoms with E-state index in [1.165, 1.54) is 4.31 Å². The molecule has 2 aliphatic rings. The molecule has 8 heteroatoms. The normalized spacial score (nSPS) is 26.5. The summed E-state index contributed by atoms with van der Waals surface area (Å²) in [6, 6.07) is 7.86. The van der Waals surface area contributed by atoms with Gasteiger partial charge in [0.25, 0.3) is 10.2 Å². The van der Waals surface area contributed by atoms with Crippen LogP contribution in [0.3, 0.4) is 0 Å². The summed E-state index contributed by atoms with van der Waals surface area (Å²) in [7, 11) is -0.279. The lowest BCUT2D eigenvalue weighted by Crippen LogP contribution is -2.54. The second kappa shape index (κ2) is 6.19. The molecule has 134 valence electrons. The summed E-state index contributed by atoms with van der Waals surface area (Å²) in [5, 5.41) is 0. The molecule has 1 aliphatic heterocycles. The molecule has 1 N–H and O–H groups in total. The Morgan fingerprint density at radius 1 is 1.12 bits per heavy atom. The Morgan fingerprint density at radius 2 is 1.76 bits per heavy atom. The van der Waals surface area contributed by atoms with Crippen molar-refractivity contribution in [3.63, 3.8) is 0 Å². The maximum absolute atomic E-state index is 12.2. The summed E-state index contributed by atoms with van der Waals surface area (Å²) in [5.74, 6) is 1.49. The van der Waals surface area contributed by atoms with Gasteiger partial charge in [-0.3, -0.25) is 4.98 Å².